The molecule has 0 radical (unpaired) electrons. The van der Waals surface area contributed by atoms with Crippen LogP contribution < -0.4 is 4.90 Å². The molecule has 11 heteroatoms. The van der Waals surface area contributed by atoms with E-state index in [1.54, 1.807) is 5.38 Å². The molecule has 7 nitrogen and oxygen atoms in total. The summed E-state index contributed by atoms with van der Waals surface area (Å²) < 4.78 is 52.8. The highest BCUT2D eigenvalue weighted by Gasteiger charge is 2.33. The number of anilines is 1. The van der Waals surface area contributed by atoms with E-state index in [2.05, 4.69) is 4.98 Å². The van der Waals surface area contributed by atoms with Crippen molar-refractivity contribution in [2.24, 2.45) is 0 Å². The molecule has 162 valence electrons. The lowest BCUT2D eigenvalue weighted by Gasteiger charge is -2.31. The maximum absolute atomic E-state index is 13.5. The average molecular weight is 466 g/mol. The summed E-state index contributed by atoms with van der Waals surface area (Å²) in [6.45, 7) is 0.868. The largest absolute Gasteiger partial charge is 0.348 e. The summed E-state index contributed by atoms with van der Waals surface area (Å²) >= 11 is 1.32. The molecule has 0 atom stereocenters. The van der Waals surface area contributed by atoms with Gasteiger partial charge in [-0.25, -0.2) is 22.2 Å². The molecule has 1 fully saturated rings. The van der Waals surface area contributed by atoms with Gasteiger partial charge in [0.1, 0.15) is 11.6 Å². The number of rotatable bonds is 5. The van der Waals surface area contributed by atoms with Crippen molar-refractivity contribution in [2.75, 3.05) is 18.0 Å². The third-order valence-electron chi connectivity index (χ3n) is 5.16. The van der Waals surface area contributed by atoms with Gasteiger partial charge in [-0.3, -0.25) is 10.1 Å². The molecule has 0 unspecified atom stereocenters. The van der Waals surface area contributed by atoms with Gasteiger partial charge in [0.15, 0.2) is 15.0 Å². The molecule has 0 saturated carbocycles. The van der Waals surface area contributed by atoms with Crippen LogP contribution in [-0.4, -0.2) is 36.7 Å². The summed E-state index contributed by atoms with van der Waals surface area (Å²) in [5.74, 6) is -1.37. The number of nitrogens with zero attached hydrogens (tertiary/aromatic N) is 3. The number of benzene rings is 2. The monoisotopic (exact) mass is 465 g/mol. The fourth-order valence-corrected chi connectivity index (χ4v) is 6.23. The Balaban J connectivity index is 1.47. The molecule has 2 heterocycles. The summed E-state index contributed by atoms with van der Waals surface area (Å²) in [6.07, 6.45) is 0.684. The number of thiazole rings is 1. The first-order valence-electron chi connectivity index (χ1n) is 9.39. The van der Waals surface area contributed by atoms with Crippen LogP contribution in [0.4, 0.5) is 19.6 Å². The second kappa shape index (κ2) is 8.31. The first-order chi connectivity index (χ1) is 14.7. The molecule has 1 aromatic heterocycles. The molecular weight excluding hydrogens is 448 g/mol. The SMILES string of the molecule is O=[N+]([O-])c1cccc(S(=O)(=O)C2CCN(c3nc(-c4cc(F)cc(F)c4)cs3)CC2)c1. The van der Waals surface area contributed by atoms with E-state index in [0.29, 0.717) is 42.3 Å². The van der Waals surface area contributed by atoms with Crippen LogP contribution in [0.15, 0.2) is 52.7 Å². The minimum absolute atomic E-state index is 0.0511. The van der Waals surface area contributed by atoms with Crippen LogP contribution in [0, 0.1) is 21.7 Å². The third kappa shape index (κ3) is 4.42. The first-order valence-corrected chi connectivity index (χ1v) is 11.8. The molecular formula is C20H17F2N3O4S2. The van der Waals surface area contributed by atoms with Crippen molar-refractivity contribution in [1.82, 2.24) is 4.98 Å². The summed E-state index contributed by atoms with van der Waals surface area (Å²) in [4.78, 5) is 16.7. The highest BCUT2D eigenvalue weighted by atomic mass is 32.2. The Kier molecular flexibility index (Phi) is 5.71. The predicted octanol–water partition coefficient (Wildman–Crippen LogP) is 4.44. The Bertz CT molecular complexity index is 1220. The minimum atomic E-state index is -3.70. The van der Waals surface area contributed by atoms with E-state index in [0.717, 1.165) is 12.1 Å². The van der Waals surface area contributed by atoms with E-state index < -0.39 is 31.6 Å². The molecule has 0 bridgehead atoms. The number of nitro groups is 1. The van der Waals surface area contributed by atoms with E-state index in [1.807, 2.05) is 4.90 Å². The van der Waals surface area contributed by atoms with E-state index in [4.69, 9.17) is 0 Å². The van der Waals surface area contributed by atoms with Gasteiger partial charge in [-0.1, -0.05) is 6.07 Å². The van der Waals surface area contributed by atoms with E-state index in [9.17, 15) is 27.3 Å². The highest BCUT2D eigenvalue weighted by Crippen LogP contribution is 2.32. The van der Waals surface area contributed by atoms with Gasteiger partial charge in [0.2, 0.25) is 0 Å². The van der Waals surface area contributed by atoms with Crippen molar-refractivity contribution < 1.29 is 22.1 Å². The quantitative estimate of drug-likeness (QED) is 0.409. The van der Waals surface area contributed by atoms with Gasteiger partial charge in [0, 0.05) is 42.2 Å². The Morgan fingerprint density at radius 2 is 1.77 bits per heavy atom. The minimum Gasteiger partial charge on any atom is -0.348 e. The Hall–Kier alpha value is -2.92. The zero-order valence-corrected chi connectivity index (χ0v) is 17.7. The number of halogens is 2. The Morgan fingerprint density at radius 3 is 2.42 bits per heavy atom. The van der Waals surface area contributed by atoms with Crippen molar-refractivity contribution in [1.29, 1.82) is 0 Å². The topological polar surface area (TPSA) is 93.4 Å². The van der Waals surface area contributed by atoms with Crippen LogP contribution in [0.5, 0.6) is 0 Å². The molecule has 1 saturated heterocycles. The van der Waals surface area contributed by atoms with Gasteiger partial charge in [0.05, 0.1) is 20.8 Å². The van der Waals surface area contributed by atoms with Crippen molar-refractivity contribution in [3.05, 3.63) is 69.6 Å². The fraction of sp³-hybridized carbons (Fsp3) is 0.250. The molecule has 4 rings (SSSR count). The third-order valence-corrected chi connectivity index (χ3v) is 8.32. The van der Waals surface area contributed by atoms with Crippen LogP contribution in [0.1, 0.15) is 12.8 Å². The molecule has 31 heavy (non-hydrogen) atoms. The van der Waals surface area contributed by atoms with Crippen molar-refractivity contribution in [2.45, 2.75) is 23.0 Å². The standard InChI is InChI=1S/C20H17F2N3O4S2/c21-14-8-13(9-15(22)10-14)19-12-30-20(23-19)24-6-4-17(5-7-24)31(28,29)18-3-1-2-16(11-18)25(26)27/h1-3,8-12,17H,4-7H2. The molecule has 0 amide bonds. The smallest absolute Gasteiger partial charge is 0.270 e. The van der Waals surface area contributed by atoms with Gasteiger partial charge >= 0.3 is 0 Å². The number of aromatic nitrogens is 1. The van der Waals surface area contributed by atoms with Crippen LogP contribution in [0.25, 0.3) is 11.3 Å². The molecule has 0 aliphatic carbocycles. The second-order valence-electron chi connectivity index (χ2n) is 7.16. The molecule has 2 aromatic carbocycles. The van der Waals surface area contributed by atoms with Gasteiger partial charge in [-0.15, -0.1) is 11.3 Å². The van der Waals surface area contributed by atoms with E-state index >= 15 is 0 Å². The number of hydrogen-bond donors (Lipinski definition) is 0. The number of hydrogen-bond acceptors (Lipinski definition) is 7. The number of nitro benzene ring substituents is 1. The normalized spacial score (nSPS) is 15.2. The lowest BCUT2D eigenvalue weighted by atomic mass is 10.1. The van der Waals surface area contributed by atoms with E-state index in [-0.39, 0.29) is 10.6 Å². The summed E-state index contributed by atoms with van der Waals surface area (Å²) in [5.41, 5.74) is 0.524. The molecule has 3 aromatic rings. The lowest BCUT2D eigenvalue weighted by Crippen LogP contribution is -2.39. The molecule has 0 spiro atoms. The summed E-state index contributed by atoms with van der Waals surface area (Å²) in [7, 11) is -3.70. The van der Waals surface area contributed by atoms with Crippen LogP contribution in [-0.2, 0) is 9.84 Å². The molecule has 1 aliphatic rings. The number of piperidine rings is 1. The Labute approximate surface area is 181 Å². The lowest BCUT2D eigenvalue weighted by molar-refractivity contribution is -0.385. The van der Waals surface area contributed by atoms with Crippen LogP contribution in [0.3, 0.4) is 0 Å². The first kappa shape index (κ1) is 21.3. The highest BCUT2D eigenvalue weighted by molar-refractivity contribution is 7.92. The van der Waals surface area contributed by atoms with Gasteiger partial charge in [-0.05, 0) is 31.0 Å². The Morgan fingerprint density at radius 1 is 1.10 bits per heavy atom. The summed E-state index contributed by atoms with van der Waals surface area (Å²) in [5, 5.41) is 12.7. The zero-order valence-electron chi connectivity index (χ0n) is 16.1. The second-order valence-corrected chi connectivity index (χ2v) is 10.2. The van der Waals surface area contributed by atoms with Crippen molar-refractivity contribution in [3.8, 4) is 11.3 Å². The summed E-state index contributed by atoms with van der Waals surface area (Å²) in [6, 6.07) is 8.30. The van der Waals surface area contributed by atoms with Gasteiger partial charge in [-0.2, -0.15) is 0 Å². The van der Waals surface area contributed by atoms with E-state index in [1.165, 1.54) is 41.7 Å². The average Bonchev–Trinajstić information content (AvgIpc) is 3.24. The van der Waals surface area contributed by atoms with Crippen molar-refractivity contribution in [3.63, 3.8) is 0 Å². The van der Waals surface area contributed by atoms with Crippen LogP contribution >= 0.6 is 11.3 Å². The van der Waals surface area contributed by atoms with Crippen molar-refractivity contribution >= 4 is 32.0 Å². The molecule has 0 N–H and O–H groups in total. The van der Waals surface area contributed by atoms with Crippen LogP contribution in [0.2, 0.25) is 0 Å². The van der Waals surface area contributed by atoms with Gasteiger partial charge in [0.25, 0.3) is 5.69 Å². The maximum atomic E-state index is 13.5. The molecule has 1 aliphatic heterocycles. The number of non-ortho nitro benzene ring substituents is 1. The maximum Gasteiger partial charge on any atom is 0.270 e. The van der Waals surface area contributed by atoms with Gasteiger partial charge < -0.3 is 4.90 Å². The fourth-order valence-electron chi connectivity index (χ4n) is 3.57. The number of sulfone groups is 1. The predicted molar refractivity (Wildman–Crippen MR) is 113 cm³/mol. The zero-order chi connectivity index (χ0) is 22.2.